The third-order valence-corrected chi connectivity index (χ3v) is 3.72. The maximum atomic E-state index is 13.5. The minimum absolute atomic E-state index is 0.0377. The molecule has 5 nitrogen and oxygen atoms in total. The van der Waals surface area contributed by atoms with Gasteiger partial charge in [0.2, 0.25) is 0 Å². The molecule has 2 aromatic heterocycles. The molecule has 3 rings (SSSR count). The highest BCUT2D eigenvalue weighted by atomic mass is 19.4. The summed E-state index contributed by atoms with van der Waals surface area (Å²) in [5.41, 5.74) is 0.574. The second-order valence-corrected chi connectivity index (χ2v) is 6.32. The van der Waals surface area contributed by atoms with Gasteiger partial charge in [0.1, 0.15) is 0 Å². The van der Waals surface area contributed by atoms with Crippen molar-refractivity contribution in [3.63, 3.8) is 0 Å². The van der Waals surface area contributed by atoms with Crippen molar-refractivity contribution in [1.82, 2.24) is 19.9 Å². The average molecular weight is 362 g/mol. The number of carbonyl (C=O) groups is 1. The van der Waals surface area contributed by atoms with Crippen molar-refractivity contribution in [3.05, 3.63) is 53.3 Å². The summed E-state index contributed by atoms with van der Waals surface area (Å²) in [5, 5.41) is 6.41. The van der Waals surface area contributed by atoms with E-state index in [9.17, 15) is 18.0 Å². The van der Waals surface area contributed by atoms with Crippen LogP contribution in [0.15, 0.2) is 36.4 Å². The molecular weight excluding hydrogens is 345 g/mol. The predicted octanol–water partition coefficient (Wildman–Crippen LogP) is 3.86. The van der Waals surface area contributed by atoms with E-state index >= 15 is 0 Å². The number of aryl methyl sites for hydroxylation is 1. The number of nitrogens with zero attached hydrogens (tertiary/aromatic N) is 3. The summed E-state index contributed by atoms with van der Waals surface area (Å²) in [7, 11) is 0. The number of carbonyl (C=O) groups excluding carboxylic acids is 1. The van der Waals surface area contributed by atoms with Gasteiger partial charge < -0.3 is 5.32 Å². The molecule has 1 N–H and O–H groups in total. The zero-order valence-electron chi connectivity index (χ0n) is 14.4. The molecule has 26 heavy (non-hydrogen) atoms. The largest absolute Gasteiger partial charge is 0.433 e. The maximum Gasteiger partial charge on any atom is 0.433 e. The molecule has 1 amide bonds. The zero-order chi connectivity index (χ0) is 19.1. The van der Waals surface area contributed by atoms with Gasteiger partial charge in [-0.1, -0.05) is 29.8 Å². The first-order chi connectivity index (χ1) is 12.1. The Morgan fingerprint density at radius 1 is 1.15 bits per heavy atom. The van der Waals surface area contributed by atoms with Crippen molar-refractivity contribution in [2.24, 2.45) is 0 Å². The van der Waals surface area contributed by atoms with Gasteiger partial charge in [-0.15, -0.1) is 0 Å². The van der Waals surface area contributed by atoms with E-state index in [4.69, 9.17) is 0 Å². The molecule has 0 saturated heterocycles. The van der Waals surface area contributed by atoms with E-state index in [0.717, 1.165) is 11.6 Å². The molecule has 0 fully saturated rings. The molecule has 1 aromatic carbocycles. The normalized spacial score (nSPS) is 12.0. The molecule has 0 bridgehead atoms. The molecule has 0 spiro atoms. The number of aromatic nitrogens is 3. The fourth-order valence-corrected chi connectivity index (χ4v) is 2.50. The number of benzene rings is 1. The van der Waals surface area contributed by atoms with Gasteiger partial charge in [0.15, 0.2) is 17.0 Å². The van der Waals surface area contributed by atoms with Gasteiger partial charge in [0, 0.05) is 17.7 Å². The molecule has 0 aliphatic rings. The Kier molecular flexibility index (Phi) is 4.43. The van der Waals surface area contributed by atoms with Gasteiger partial charge >= 0.3 is 6.18 Å². The van der Waals surface area contributed by atoms with Gasteiger partial charge in [-0.25, -0.2) is 9.50 Å². The molecule has 0 aliphatic heterocycles. The van der Waals surface area contributed by atoms with Crippen LogP contribution in [0.4, 0.5) is 13.2 Å². The highest BCUT2D eigenvalue weighted by Crippen LogP contribution is 2.32. The van der Waals surface area contributed by atoms with Crippen molar-refractivity contribution >= 4 is 11.6 Å². The summed E-state index contributed by atoms with van der Waals surface area (Å²) >= 11 is 0. The Balaban J connectivity index is 2.17. The van der Waals surface area contributed by atoms with Crippen molar-refractivity contribution in [1.29, 1.82) is 0 Å². The molecule has 0 saturated carbocycles. The predicted molar refractivity (Wildman–Crippen MR) is 90.8 cm³/mol. The highest BCUT2D eigenvalue weighted by molar-refractivity contribution is 5.93. The summed E-state index contributed by atoms with van der Waals surface area (Å²) in [4.78, 5) is 16.3. The number of rotatable bonds is 3. The highest BCUT2D eigenvalue weighted by Gasteiger charge is 2.35. The fraction of sp³-hybridized carbons (Fsp3) is 0.278. The Bertz CT molecular complexity index is 959. The number of alkyl halides is 3. The van der Waals surface area contributed by atoms with E-state index in [1.807, 2.05) is 6.92 Å². The summed E-state index contributed by atoms with van der Waals surface area (Å²) in [6.45, 7) is 5.39. The molecule has 0 unspecified atom stereocenters. The second kappa shape index (κ2) is 6.44. The SMILES string of the molecule is Cc1ccc(-c2cc(C(F)(F)F)n3nc(C(=O)NC(C)C)cc3n2)cc1. The lowest BCUT2D eigenvalue weighted by molar-refractivity contribution is -0.142. The topological polar surface area (TPSA) is 59.3 Å². The van der Waals surface area contributed by atoms with Crippen LogP contribution < -0.4 is 5.32 Å². The van der Waals surface area contributed by atoms with Gasteiger partial charge in [-0.2, -0.15) is 18.3 Å². The van der Waals surface area contributed by atoms with Crippen molar-refractivity contribution in [2.45, 2.75) is 33.0 Å². The van der Waals surface area contributed by atoms with Crippen LogP contribution in [-0.2, 0) is 6.18 Å². The first-order valence-corrected chi connectivity index (χ1v) is 8.01. The lowest BCUT2D eigenvalue weighted by Crippen LogP contribution is -2.30. The minimum atomic E-state index is -4.64. The monoisotopic (exact) mass is 362 g/mol. The first kappa shape index (κ1) is 17.9. The molecule has 136 valence electrons. The number of fused-ring (bicyclic) bond motifs is 1. The molecule has 2 heterocycles. The zero-order valence-corrected chi connectivity index (χ0v) is 14.4. The quantitative estimate of drug-likeness (QED) is 0.770. The minimum Gasteiger partial charge on any atom is -0.348 e. The number of halogens is 3. The van der Waals surface area contributed by atoms with E-state index in [0.29, 0.717) is 10.1 Å². The van der Waals surface area contributed by atoms with Crippen LogP contribution in [0.5, 0.6) is 0 Å². The van der Waals surface area contributed by atoms with Crippen molar-refractivity contribution in [3.8, 4) is 11.3 Å². The summed E-state index contributed by atoms with van der Waals surface area (Å²) in [6, 6.07) is 9.04. The maximum absolute atomic E-state index is 13.5. The van der Waals surface area contributed by atoms with E-state index in [1.54, 1.807) is 38.1 Å². The Hall–Kier alpha value is -2.90. The summed E-state index contributed by atoms with van der Waals surface area (Å²) in [6.07, 6.45) is -4.64. The third kappa shape index (κ3) is 3.54. The average Bonchev–Trinajstić information content (AvgIpc) is 2.97. The van der Waals surface area contributed by atoms with E-state index in [2.05, 4.69) is 15.4 Å². The molecule has 3 aromatic rings. The third-order valence-electron chi connectivity index (χ3n) is 3.72. The van der Waals surface area contributed by atoms with Crippen LogP contribution in [0, 0.1) is 6.92 Å². The number of amides is 1. The Labute approximate surface area is 147 Å². The van der Waals surface area contributed by atoms with E-state index < -0.39 is 17.8 Å². The number of nitrogens with one attached hydrogen (secondary N) is 1. The van der Waals surface area contributed by atoms with Gasteiger partial charge in [-0.05, 0) is 26.8 Å². The molecule has 8 heteroatoms. The smallest absolute Gasteiger partial charge is 0.348 e. The van der Waals surface area contributed by atoms with Gasteiger partial charge in [-0.3, -0.25) is 4.79 Å². The van der Waals surface area contributed by atoms with Gasteiger partial charge in [0.25, 0.3) is 5.91 Å². The fourth-order valence-electron chi connectivity index (χ4n) is 2.50. The van der Waals surface area contributed by atoms with Crippen LogP contribution >= 0.6 is 0 Å². The number of hydrogen-bond donors (Lipinski definition) is 1. The molecule has 0 radical (unpaired) electrons. The van der Waals surface area contributed by atoms with Crippen LogP contribution in [0.25, 0.3) is 16.9 Å². The van der Waals surface area contributed by atoms with Crippen LogP contribution in [0.2, 0.25) is 0 Å². The van der Waals surface area contributed by atoms with Crippen LogP contribution in [0.3, 0.4) is 0 Å². The lowest BCUT2D eigenvalue weighted by Gasteiger charge is -2.11. The Morgan fingerprint density at radius 2 is 1.81 bits per heavy atom. The standard InChI is InChI=1S/C18H17F3N4O/c1-10(2)22-17(26)14-9-16-23-13(12-6-4-11(3)5-7-12)8-15(18(19,20)21)25(16)24-14/h4-10H,1-3H3,(H,22,26). The molecular formula is C18H17F3N4O. The van der Waals surface area contributed by atoms with Crippen molar-refractivity contribution in [2.75, 3.05) is 0 Å². The van der Waals surface area contributed by atoms with Crippen LogP contribution in [-0.4, -0.2) is 26.5 Å². The van der Waals surface area contributed by atoms with E-state index in [1.165, 1.54) is 6.07 Å². The van der Waals surface area contributed by atoms with Crippen molar-refractivity contribution < 1.29 is 18.0 Å². The summed E-state index contributed by atoms with van der Waals surface area (Å²) < 4.78 is 41.2. The second-order valence-electron chi connectivity index (χ2n) is 6.32. The molecule has 0 aliphatic carbocycles. The lowest BCUT2D eigenvalue weighted by atomic mass is 10.1. The van der Waals surface area contributed by atoms with Crippen LogP contribution in [0.1, 0.15) is 35.6 Å². The Morgan fingerprint density at radius 3 is 2.38 bits per heavy atom. The summed E-state index contributed by atoms with van der Waals surface area (Å²) in [5.74, 6) is -0.546. The molecule has 0 atom stereocenters. The van der Waals surface area contributed by atoms with E-state index in [-0.39, 0.29) is 23.1 Å². The van der Waals surface area contributed by atoms with Gasteiger partial charge in [0.05, 0.1) is 5.69 Å². The number of hydrogen-bond acceptors (Lipinski definition) is 3. The first-order valence-electron chi connectivity index (χ1n) is 8.01.